The van der Waals surface area contributed by atoms with E-state index in [1.54, 1.807) is 20.0 Å². The number of nitrogens with one attached hydrogen (secondary N) is 2. The van der Waals surface area contributed by atoms with Gasteiger partial charge in [0.15, 0.2) is 5.16 Å². The molecule has 1 saturated heterocycles. The van der Waals surface area contributed by atoms with Crippen LogP contribution in [0.4, 0.5) is 4.79 Å². The molecule has 1 aliphatic rings. The first kappa shape index (κ1) is 16.3. The molecular formula is C13H19N5O3S. The SMILES string of the molecule is CSc1ncc(CNC(=O)CN2C(=O)NC(C)(C)C2=O)n1C. The molecule has 8 nitrogen and oxygen atoms in total. The fourth-order valence-electron chi connectivity index (χ4n) is 2.13. The highest BCUT2D eigenvalue weighted by atomic mass is 32.2. The Bertz CT molecular complexity index is 625. The van der Waals surface area contributed by atoms with Gasteiger partial charge in [0.25, 0.3) is 5.91 Å². The molecule has 1 aliphatic heterocycles. The third kappa shape index (κ3) is 3.08. The molecule has 0 spiro atoms. The molecule has 1 fully saturated rings. The summed E-state index contributed by atoms with van der Waals surface area (Å²) in [4.78, 5) is 40.8. The van der Waals surface area contributed by atoms with Crippen LogP contribution in [0.3, 0.4) is 0 Å². The van der Waals surface area contributed by atoms with E-state index >= 15 is 0 Å². The van der Waals surface area contributed by atoms with Crippen LogP contribution in [-0.4, -0.2) is 50.6 Å². The first-order valence-electron chi connectivity index (χ1n) is 6.71. The first-order valence-corrected chi connectivity index (χ1v) is 7.94. The van der Waals surface area contributed by atoms with Crippen LogP contribution >= 0.6 is 11.8 Å². The summed E-state index contributed by atoms with van der Waals surface area (Å²) in [6.07, 6.45) is 3.60. The van der Waals surface area contributed by atoms with Crippen LogP contribution in [0.5, 0.6) is 0 Å². The van der Waals surface area contributed by atoms with Crippen molar-refractivity contribution in [2.24, 2.45) is 7.05 Å². The molecule has 4 amide bonds. The molecule has 0 atom stereocenters. The number of carbonyl (C=O) groups excluding carboxylic acids is 3. The van der Waals surface area contributed by atoms with Crippen LogP contribution < -0.4 is 10.6 Å². The summed E-state index contributed by atoms with van der Waals surface area (Å²) in [5, 5.41) is 6.07. The van der Waals surface area contributed by atoms with Crippen molar-refractivity contribution in [1.82, 2.24) is 25.1 Å². The zero-order valence-corrected chi connectivity index (χ0v) is 13.8. The van der Waals surface area contributed by atoms with Crippen molar-refractivity contribution in [2.75, 3.05) is 12.8 Å². The number of thioether (sulfide) groups is 1. The van der Waals surface area contributed by atoms with E-state index in [2.05, 4.69) is 15.6 Å². The highest BCUT2D eigenvalue weighted by molar-refractivity contribution is 7.98. The molecule has 0 saturated carbocycles. The van der Waals surface area contributed by atoms with Crippen molar-refractivity contribution in [1.29, 1.82) is 0 Å². The van der Waals surface area contributed by atoms with Crippen LogP contribution in [0.2, 0.25) is 0 Å². The Morgan fingerprint density at radius 1 is 1.45 bits per heavy atom. The van der Waals surface area contributed by atoms with Crippen molar-refractivity contribution in [3.05, 3.63) is 11.9 Å². The lowest BCUT2D eigenvalue weighted by atomic mass is 10.1. The Balaban J connectivity index is 1.92. The second-order valence-corrected chi connectivity index (χ2v) is 6.29. The normalized spacial score (nSPS) is 16.8. The lowest BCUT2D eigenvalue weighted by molar-refractivity contribution is -0.134. The summed E-state index contributed by atoms with van der Waals surface area (Å²) in [6.45, 7) is 3.20. The maximum Gasteiger partial charge on any atom is 0.325 e. The van der Waals surface area contributed by atoms with Crippen LogP contribution in [0, 0.1) is 0 Å². The third-order valence-corrected chi connectivity index (χ3v) is 4.18. The van der Waals surface area contributed by atoms with Gasteiger partial charge in [0.05, 0.1) is 18.4 Å². The standard InChI is InChI=1S/C13H19N5O3S/c1-13(2)10(20)18(11(21)16-13)7-9(19)14-5-8-6-15-12(22-4)17(8)3/h6H,5,7H2,1-4H3,(H,14,19)(H,16,21). The van der Waals surface area contributed by atoms with Crippen LogP contribution in [0.15, 0.2) is 11.4 Å². The smallest absolute Gasteiger partial charge is 0.325 e. The lowest BCUT2D eigenvalue weighted by Crippen LogP contribution is -2.43. The number of urea groups is 1. The van der Waals surface area contributed by atoms with Crippen LogP contribution in [0.25, 0.3) is 0 Å². The van der Waals surface area contributed by atoms with E-state index in [0.29, 0.717) is 0 Å². The highest BCUT2D eigenvalue weighted by Gasteiger charge is 2.44. The monoisotopic (exact) mass is 325 g/mol. The second kappa shape index (κ2) is 5.99. The number of hydrogen-bond acceptors (Lipinski definition) is 5. The largest absolute Gasteiger partial charge is 0.349 e. The number of carbonyl (C=O) groups is 3. The van der Waals surface area contributed by atoms with Gasteiger partial charge in [-0.1, -0.05) is 11.8 Å². The molecular weight excluding hydrogens is 306 g/mol. The van der Waals surface area contributed by atoms with Gasteiger partial charge in [0, 0.05) is 7.05 Å². The molecule has 0 radical (unpaired) electrons. The minimum absolute atomic E-state index is 0.288. The number of imidazole rings is 1. The topological polar surface area (TPSA) is 96.3 Å². The fraction of sp³-hybridized carbons (Fsp3) is 0.538. The van der Waals surface area contributed by atoms with Gasteiger partial charge in [0.1, 0.15) is 12.1 Å². The number of amides is 4. The summed E-state index contributed by atoms with van der Waals surface area (Å²) < 4.78 is 1.88. The zero-order valence-electron chi connectivity index (χ0n) is 13.0. The van der Waals surface area contributed by atoms with Crippen LogP contribution in [-0.2, 0) is 23.2 Å². The summed E-state index contributed by atoms with van der Waals surface area (Å²) in [5.74, 6) is -0.800. The number of hydrogen-bond donors (Lipinski definition) is 2. The van der Waals surface area contributed by atoms with Crippen molar-refractivity contribution in [3.8, 4) is 0 Å². The Morgan fingerprint density at radius 2 is 2.14 bits per heavy atom. The molecule has 2 rings (SSSR count). The Hall–Kier alpha value is -2.03. The maximum atomic E-state index is 12.0. The number of aromatic nitrogens is 2. The highest BCUT2D eigenvalue weighted by Crippen LogP contribution is 2.16. The molecule has 22 heavy (non-hydrogen) atoms. The van der Waals surface area contributed by atoms with E-state index in [0.717, 1.165) is 15.8 Å². The number of rotatable bonds is 5. The van der Waals surface area contributed by atoms with Gasteiger partial charge in [-0.25, -0.2) is 9.78 Å². The minimum Gasteiger partial charge on any atom is -0.349 e. The van der Waals surface area contributed by atoms with Gasteiger partial charge >= 0.3 is 6.03 Å². The molecule has 1 aromatic heterocycles. The van der Waals surface area contributed by atoms with Crippen molar-refractivity contribution in [3.63, 3.8) is 0 Å². The summed E-state index contributed by atoms with van der Waals surface area (Å²) in [5.41, 5.74) is -0.123. The fourth-order valence-corrected chi connectivity index (χ4v) is 2.68. The second-order valence-electron chi connectivity index (χ2n) is 5.52. The van der Waals surface area contributed by atoms with Gasteiger partial charge in [-0.2, -0.15) is 0 Å². The molecule has 0 aliphatic carbocycles. The maximum absolute atomic E-state index is 12.0. The zero-order chi connectivity index (χ0) is 16.5. The van der Waals surface area contributed by atoms with Gasteiger partial charge in [-0.05, 0) is 20.1 Å². The van der Waals surface area contributed by atoms with Crippen molar-refractivity contribution < 1.29 is 14.4 Å². The van der Waals surface area contributed by atoms with E-state index < -0.39 is 23.4 Å². The summed E-state index contributed by atoms with van der Waals surface area (Å²) >= 11 is 1.51. The van der Waals surface area contributed by atoms with E-state index in [4.69, 9.17) is 0 Å². The minimum atomic E-state index is -0.966. The summed E-state index contributed by atoms with van der Waals surface area (Å²) in [7, 11) is 1.86. The number of imide groups is 1. The first-order chi connectivity index (χ1) is 10.3. The van der Waals surface area contributed by atoms with Crippen molar-refractivity contribution in [2.45, 2.75) is 31.1 Å². The van der Waals surface area contributed by atoms with Gasteiger partial charge in [-0.3, -0.25) is 14.5 Å². The molecule has 2 N–H and O–H groups in total. The van der Waals surface area contributed by atoms with E-state index in [9.17, 15) is 14.4 Å². The quantitative estimate of drug-likeness (QED) is 0.591. The molecule has 0 unspecified atom stereocenters. The van der Waals surface area contributed by atoms with E-state index in [1.807, 2.05) is 17.9 Å². The molecule has 0 bridgehead atoms. The van der Waals surface area contributed by atoms with Gasteiger partial charge in [-0.15, -0.1) is 0 Å². The molecule has 2 heterocycles. The summed E-state index contributed by atoms with van der Waals surface area (Å²) in [6, 6.07) is -0.546. The third-order valence-electron chi connectivity index (χ3n) is 3.44. The average molecular weight is 325 g/mol. The molecule has 9 heteroatoms. The molecule has 120 valence electrons. The van der Waals surface area contributed by atoms with E-state index in [-0.39, 0.29) is 13.1 Å². The molecule has 0 aromatic carbocycles. The Labute approximate surface area is 132 Å². The van der Waals surface area contributed by atoms with Gasteiger partial charge in [0.2, 0.25) is 5.91 Å². The Morgan fingerprint density at radius 3 is 2.64 bits per heavy atom. The number of nitrogens with zero attached hydrogens (tertiary/aromatic N) is 3. The lowest BCUT2D eigenvalue weighted by Gasteiger charge is -2.15. The predicted octanol–water partition coefficient (Wildman–Crippen LogP) is 0.0886. The van der Waals surface area contributed by atoms with Crippen molar-refractivity contribution >= 4 is 29.6 Å². The van der Waals surface area contributed by atoms with E-state index in [1.165, 1.54) is 11.8 Å². The molecule has 1 aromatic rings. The van der Waals surface area contributed by atoms with Gasteiger partial charge < -0.3 is 15.2 Å². The average Bonchev–Trinajstić information content (AvgIpc) is 2.89. The Kier molecular flexibility index (Phi) is 4.45. The van der Waals surface area contributed by atoms with Crippen LogP contribution in [0.1, 0.15) is 19.5 Å². The predicted molar refractivity (Wildman–Crippen MR) is 81.2 cm³/mol.